The third kappa shape index (κ3) is 3.87. The standard InChI is InChI=1S/C16H13ClN4O2/c1-10-18-15(23-21-10)11-2-6-13(7-3-11)19-16(22)20-14-8-4-12(17)5-9-14/h2-9H,1H3,(H2,19,20,22). The molecule has 0 radical (unpaired) electrons. The molecule has 0 atom stereocenters. The summed E-state index contributed by atoms with van der Waals surface area (Å²) >= 11 is 5.80. The van der Waals surface area contributed by atoms with Gasteiger partial charge in [0.2, 0.25) is 0 Å². The first-order valence-corrected chi connectivity index (χ1v) is 7.22. The molecule has 6 nitrogen and oxygen atoms in total. The van der Waals surface area contributed by atoms with Crippen molar-refractivity contribution in [2.75, 3.05) is 10.6 Å². The van der Waals surface area contributed by atoms with Crippen LogP contribution < -0.4 is 10.6 Å². The van der Waals surface area contributed by atoms with Crippen LogP contribution in [-0.4, -0.2) is 16.2 Å². The van der Waals surface area contributed by atoms with E-state index in [1.54, 1.807) is 55.5 Å². The normalized spacial score (nSPS) is 10.3. The van der Waals surface area contributed by atoms with Gasteiger partial charge in [-0.2, -0.15) is 4.98 Å². The quantitative estimate of drug-likeness (QED) is 0.749. The number of carbonyl (C=O) groups is 1. The van der Waals surface area contributed by atoms with E-state index >= 15 is 0 Å². The molecule has 0 aliphatic rings. The first kappa shape index (κ1) is 15.1. The number of amides is 2. The Bertz CT molecular complexity index is 813. The van der Waals surface area contributed by atoms with Gasteiger partial charge in [0.05, 0.1) is 0 Å². The average molecular weight is 329 g/mol. The lowest BCUT2D eigenvalue weighted by Crippen LogP contribution is -2.19. The van der Waals surface area contributed by atoms with Crippen LogP contribution in [0.15, 0.2) is 53.1 Å². The number of aromatic nitrogens is 2. The summed E-state index contributed by atoms with van der Waals surface area (Å²) in [5, 5.41) is 9.81. The molecule has 1 aromatic heterocycles. The fourth-order valence-electron chi connectivity index (χ4n) is 1.94. The molecule has 0 spiro atoms. The molecule has 0 saturated carbocycles. The summed E-state index contributed by atoms with van der Waals surface area (Å²) in [5.74, 6) is 1.02. The average Bonchev–Trinajstić information content (AvgIpc) is 2.97. The van der Waals surface area contributed by atoms with Crippen LogP contribution >= 0.6 is 11.6 Å². The van der Waals surface area contributed by atoms with Gasteiger partial charge in [-0.15, -0.1) is 0 Å². The topological polar surface area (TPSA) is 80.0 Å². The van der Waals surface area contributed by atoms with Crippen molar-refractivity contribution in [1.82, 2.24) is 10.1 Å². The van der Waals surface area contributed by atoms with Crippen molar-refractivity contribution in [1.29, 1.82) is 0 Å². The van der Waals surface area contributed by atoms with Gasteiger partial charge in [0.15, 0.2) is 5.82 Å². The number of aryl methyl sites for hydroxylation is 1. The van der Waals surface area contributed by atoms with E-state index in [1.807, 2.05) is 0 Å². The van der Waals surface area contributed by atoms with Crippen LogP contribution in [0.1, 0.15) is 5.82 Å². The number of urea groups is 1. The van der Waals surface area contributed by atoms with Crippen LogP contribution in [0.4, 0.5) is 16.2 Å². The van der Waals surface area contributed by atoms with Crippen LogP contribution in [-0.2, 0) is 0 Å². The Hall–Kier alpha value is -2.86. The van der Waals surface area contributed by atoms with Gasteiger partial charge in [-0.25, -0.2) is 4.79 Å². The number of carbonyl (C=O) groups excluding carboxylic acids is 1. The summed E-state index contributed by atoms with van der Waals surface area (Å²) in [4.78, 5) is 16.1. The van der Waals surface area contributed by atoms with Crippen LogP contribution in [0, 0.1) is 6.92 Å². The van der Waals surface area contributed by atoms with Crippen LogP contribution in [0.25, 0.3) is 11.5 Å². The maximum Gasteiger partial charge on any atom is 0.323 e. The number of anilines is 2. The Kier molecular flexibility index (Phi) is 4.25. The summed E-state index contributed by atoms with van der Waals surface area (Å²) in [6, 6.07) is 13.6. The number of rotatable bonds is 3. The molecule has 2 N–H and O–H groups in total. The van der Waals surface area contributed by atoms with Gasteiger partial charge in [-0.05, 0) is 55.5 Å². The molecule has 23 heavy (non-hydrogen) atoms. The third-order valence-corrected chi connectivity index (χ3v) is 3.27. The molecule has 3 rings (SSSR count). The van der Waals surface area contributed by atoms with Crippen LogP contribution in [0.2, 0.25) is 5.02 Å². The van der Waals surface area contributed by atoms with E-state index in [1.165, 1.54) is 0 Å². The smallest absolute Gasteiger partial charge is 0.323 e. The lowest BCUT2D eigenvalue weighted by Gasteiger charge is -2.08. The SMILES string of the molecule is Cc1noc(-c2ccc(NC(=O)Nc3ccc(Cl)cc3)cc2)n1. The molecule has 0 fully saturated rings. The lowest BCUT2D eigenvalue weighted by molar-refractivity contribution is 0.262. The zero-order chi connectivity index (χ0) is 16.2. The summed E-state index contributed by atoms with van der Waals surface area (Å²) in [5.41, 5.74) is 2.09. The lowest BCUT2D eigenvalue weighted by atomic mass is 10.2. The molecule has 0 saturated heterocycles. The number of nitrogens with one attached hydrogen (secondary N) is 2. The molecule has 0 unspecified atom stereocenters. The van der Waals surface area contributed by atoms with E-state index in [2.05, 4.69) is 20.8 Å². The van der Waals surface area contributed by atoms with E-state index in [0.717, 1.165) is 5.56 Å². The predicted molar refractivity (Wildman–Crippen MR) is 88.6 cm³/mol. The molecule has 0 bridgehead atoms. The molecule has 116 valence electrons. The van der Waals surface area contributed by atoms with Crippen molar-refractivity contribution in [2.45, 2.75) is 6.92 Å². The molecule has 0 aliphatic carbocycles. The van der Waals surface area contributed by atoms with Crippen molar-refractivity contribution >= 4 is 29.0 Å². The number of hydrogen-bond acceptors (Lipinski definition) is 4. The number of benzene rings is 2. The number of nitrogens with zero attached hydrogens (tertiary/aromatic N) is 2. The predicted octanol–water partition coefficient (Wildman–Crippen LogP) is 4.34. The molecule has 7 heteroatoms. The van der Waals surface area contributed by atoms with Gasteiger partial charge >= 0.3 is 6.03 Å². The second-order valence-corrected chi connectivity index (χ2v) is 5.25. The van der Waals surface area contributed by atoms with Gasteiger partial charge in [-0.1, -0.05) is 16.8 Å². The molecular formula is C16H13ClN4O2. The van der Waals surface area contributed by atoms with Gasteiger partial charge in [0.1, 0.15) is 0 Å². The van der Waals surface area contributed by atoms with Gasteiger partial charge < -0.3 is 15.2 Å². The van der Waals surface area contributed by atoms with E-state index in [4.69, 9.17) is 16.1 Å². The largest absolute Gasteiger partial charge is 0.334 e. The molecule has 2 amide bonds. The molecule has 3 aromatic rings. The number of halogens is 1. The third-order valence-electron chi connectivity index (χ3n) is 3.02. The minimum Gasteiger partial charge on any atom is -0.334 e. The Morgan fingerprint density at radius 2 is 1.57 bits per heavy atom. The van der Waals surface area contributed by atoms with Crippen molar-refractivity contribution in [3.8, 4) is 11.5 Å². The van der Waals surface area contributed by atoms with E-state index in [-0.39, 0.29) is 6.03 Å². The molecule has 1 heterocycles. The van der Waals surface area contributed by atoms with Crippen LogP contribution in [0.3, 0.4) is 0 Å². The minimum absolute atomic E-state index is 0.339. The van der Waals surface area contributed by atoms with Crippen molar-refractivity contribution in [3.63, 3.8) is 0 Å². The maximum absolute atomic E-state index is 11.9. The van der Waals surface area contributed by atoms with Crippen molar-refractivity contribution in [3.05, 3.63) is 59.4 Å². The van der Waals surface area contributed by atoms with Gasteiger partial charge in [0.25, 0.3) is 5.89 Å². The second-order valence-electron chi connectivity index (χ2n) is 4.81. The van der Waals surface area contributed by atoms with Crippen LogP contribution in [0.5, 0.6) is 0 Å². The Labute approximate surface area is 137 Å². The molecular weight excluding hydrogens is 316 g/mol. The summed E-state index contributed by atoms with van der Waals surface area (Å²) in [6.07, 6.45) is 0. The Balaban J connectivity index is 1.63. The highest BCUT2D eigenvalue weighted by Crippen LogP contribution is 2.20. The van der Waals surface area contributed by atoms with E-state index in [0.29, 0.717) is 28.1 Å². The highest BCUT2D eigenvalue weighted by molar-refractivity contribution is 6.30. The summed E-state index contributed by atoms with van der Waals surface area (Å²) in [6.45, 7) is 1.75. The second kappa shape index (κ2) is 6.50. The fourth-order valence-corrected chi connectivity index (χ4v) is 2.06. The fraction of sp³-hybridized carbons (Fsp3) is 0.0625. The molecule has 2 aromatic carbocycles. The Morgan fingerprint density at radius 3 is 2.09 bits per heavy atom. The minimum atomic E-state index is -0.339. The van der Waals surface area contributed by atoms with E-state index < -0.39 is 0 Å². The van der Waals surface area contributed by atoms with Crippen molar-refractivity contribution < 1.29 is 9.32 Å². The monoisotopic (exact) mass is 328 g/mol. The molecule has 0 aliphatic heterocycles. The zero-order valence-corrected chi connectivity index (χ0v) is 13.0. The van der Waals surface area contributed by atoms with E-state index in [9.17, 15) is 4.79 Å². The first-order chi connectivity index (χ1) is 11.1. The van der Waals surface area contributed by atoms with Gasteiger partial charge in [0, 0.05) is 22.0 Å². The highest BCUT2D eigenvalue weighted by Gasteiger charge is 2.07. The van der Waals surface area contributed by atoms with Gasteiger partial charge in [-0.3, -0.25) is 0 Å². The zero-order valence-electron chi connectivity index (χ0n) is 12.2. The summed E-state index contributed by atoms with van der Waals surface area (Å²) in [7, 11) is 0. The van der Waals surface area contributed by atoms with Crippen molar-refractivity contribution in [2.24, 2.45) is 0 Å². The maximum atomic E-state index is 11.9. The summed E-state index contributed by atoms with van der Waals surface area (Å²) < 4.78 is 5.09. The number of hydrogen-bond donors (Lipinski definition) is 2. The Morgan fingerprint density at radius 1 is 1.00 bits per heavy atom. The highest BCUT2D eigenvalue weighted by atomic mass is 35.5. The first-order valence-electron chi connectivity index (χ1n) is 6.84.